The van der Waals surface area contributed by atoms with Crippen molar-refractivity contribution in [2.45, 2.75) is 24.3 Å². The normalized spacial score (nSPS) is 15.7. The summed E-state index contributed by atoms with van der Waals surface area (Å²) >= 11 is 0. The summed E-state index contributed by atoms with van der Waals surface area (Å²) in [5.41, 5.74) is 1.03. The third kappa shape index (κ3) is 4.52. The minimum atomic E-state index is -3.94. The number of hydrogen-bond donors (Lipinski definition) is 0. The molecular weight excluding hydrogens is 434 g/mol. The summed E-state index contributed by atoms with van der Waals surface area (Å²) in [5, 5.41) is 2.25. The van der Waals surface area contributed by atoms with Crippen molar-refractivity contribution < 1.29 is 22.0 Å². The van der Waals surface area contributed by atoms with Crippen molar-refractivity contribution in [2.75, 3.05) is 20.1 Å². The van der Waals surface area contributed by atoms with Gasteiger partial charge in [0.15, 0.2) is 11.6 Å². The molecule has 5 nitrogen and oxygen atoms in total. The van der Waals surface area contributed by atoms with Gasteiger partial charge in [0.05, 0.1) is 4.90 Å². The third-order valence-electron chi connectivity index (χ3n) is 5.94. The van der Waals surface area contributed by atoms with Crippen LogP contribution in [0.25, 0.3) is 10.8 Å². The lowest BCUT2D eigenvalue weighted by Crippen LogP contribution is -2.43. The number of rotatable bonds is 5. The monoisotopic (exact) mass is 458 g/mol. The molecule has 1 fully saturated rings. The lowest BCUT2D eigenvalue weighted by Gasteiger charge is -2.32. The van der Waals surface area contributed by atoms with E-state index in [1.165, 1.54) is 4.31 Å². The highest BCUT2D eigenvalue weighted by atomic mass is 32.2. The number of fused-ring (bicyclic) bond motifs is 1. The largest absolute Gasteiger partial charge is 0.341 e. The first kappa shape index (κ1) is 22.4. The molecule has 0 bridgehead atoms. The van der Waals surface area contributed by atoms with E-state index in [4.69, 9.17) is 0 Å². The number of sulfonamides is 1. The molecule has 32 heavy (non-hydrogen) atoms. The van der Waals surface area contributed by atoms with Crippen molar-refractivity contribution in [3.63, 3.8) is 0 Å². The van der Waals surface area contributed by atoms with Gasteiger partial charge >= 0.3 is 0 Å². The van der Waals surface area contributed by atoms with Crippen molar-refractivity contribution in [3.8, 4) is 0 Å². The molecule has 3 aromatic rings. The molecule has 1 heterocycles. The second-order valence-electron chi connectivity index (χ2n) is 8.13. The minimum absolute atomic E-state index is 0.0250. The van der Waals surface area contributed by atoms with E-state index in [9.17, 15) is 22.0 Å². The standard InChI is InChI=1S/C24H24F2N2O3S/c1-27(16-17-6-7-18-4-2-3-5-20(18)14-17)24(29)19-10-12-28(13-11-19)32(30,31)21-8-9-22(25)23(26)15-21/h2-9,14-15,19H,10-13,16H2,1H3. The van der Waals surface area contributed by atoms with Gasteiger partial charge in [0.2, 0.25) is 15.9 Å². The van der Waals surface area contributed by atoms with Crippen LogP contribution in [0.4, 0.5) is 8.78 Å². The topological polar surface area (TPSA) is 57.7 Å². The van der Waals surface area contributed by atoms with Gasteiger partial charge in [0, 0.05) is 32.6 Å². The predicted octanol–water partition coefficient (Wildman–Crippen LogP) is 4.18. The predicted molar refractivity (Wildman–Crippen MR) is 118 cm³/mol. The Morgan fingerprint density at radius 3 is 2.34 bits per heavy atom. The molecule has 1 aliphatic heterocycles. The van der Waals surface area contributed by atoms with Crippen LogP contribution in [0.2, 0.25) is 0 Å². The number of amides is 1. The minimum Gasteiger partial charge on any atom is -0.341 e. The van der Waals surface area contributed by atoms with E-state index < -0.39 is 21.7 Å². The van der Waals surface area contributed by atoms with E-state index >= 15 is 0 Å². The van der Waals surface area contributed by atoms with Gasteiger partial charge < -0.3 is 4.90 Å². The van der Waals surface area contributed by atoms with Crippen LogP contribution >= 0.6 is 0 Å². The van der Waals surface area contributed by atoms with Crippen LogP contribution in [0.3, 0.4) is 0 Å². The highest BCUT2D eigenvalue weighted by Crippen LogP contribution is 2.26. The molecule has 0 spiro atoms. The first-order chi connectivity index (χ1) is 15.3. The SMILES string of the molecule is CN(Cc1ccc2ccccc2c1)C(=O)C1CCN(S(=O)(=O)c2ccc(F)c(F)c2)CC1. The Balaban J connectivity index is 1.38. The average molecular weight is 459 g/mol. The Labute approximate surface area is 186 Å². The molecule has 0 saturated carbocycles. The fraction of sp³-hybridized carbons (Fsp3) is 0.292. The molecular formula is C24H24F2N2O3S. The summed E-state index contributed by atoms with van der Waals surface area (Å²) in [7, 11) is -2.19. The molecule has 3 aromatic carbocycles. The molecule has 168 valence electrons. The molecule has 8 heteroatoms. The van der Waals surface area contributed by atoms with Gasteiger partial charge in [0.25, 0.3) is 0 Å². The summed E-state index contributed by atoms with van der Waals surface area (Å²) in [6, 6.07) is 16.7. The molecule has 0 unspecified atom stereocenters. The third-order valence-corrected chi connectivity index (χ3v) is 7.84. The van der Waals surface area contributed by atoms with Gasteiger partial charge in [-0.25, -0.2) is 17.2 Å². The van der Waals surface area contributed by atoms with E-state index in [0.717, 1.165) is 28.5 Å². The Kier molecular flexibility index (Phi) is 6.26. The van der Waals surface area contributed by atoms with Crippen LogP contribution in [0.1, 0.15) is 18.4 Å². The fourth-order valence-electron chi connectivity index (χ4n) is 4.13. The maximum absolute atomic E-state index is 13.5. The number of carbonyl (C=O) groups is 1. The van der Waals surface area contributed by atoms with E-state index in [1.54, 1.807) is 11.9 Å². The van der Waals surface area contributed by atoms with Gasteiger partial charge in [-0.3, -0.25) is 4.79 Å². The lowest BCUT2D eigenvalue weighted by molar-refractivity contribution is -0.135. The molecule has 1 amide bonds. The van der Waals surface area contributed by atoms with Gasteiger partial charge in [-0.1, -0.05) is 36.4 Å². The van der Waals surface area contributed by atoms with Gasteiger partial charge in [-0.2, -0.15) is 4.31 Å². The van der Waals surface area contributed by atoms with Crippen molar-refractivity contribution in [2.24, 2.45) is 5.92 Å². The van der Waals surface area contributed by atoms with Crippen molar-refractivity contribution in [3.05, 3.63) is 77.9 Å². The number of carbonyl (C=O) groups excluding carboxylic acids is 1. The summed E-state index contributed by atoms with van der Waals surface area (Å²) in [5.74, 6) is -2.60. The van der Waals surface area contributed by atoms with Crippen LogP contribution in [-0.2, 0) is 21.4 Å². The average Bonchev–Trinajstić information content (AvgIpc) is 2.80. The number of hydrogen-bond acceptors (Lipinski definition) is 3. The summed E-state index contributed by atoms with van der Waals surface area (Å²) in [6.45, 7) is 0.778. The molecule has 4 rings (SSSR count). The molecule has 0 aromatic heterocycles. The Bertz CT molecular complexity index is 1260. The van der Waals surface area contributed by atoms with Crippen molar-refractivity contribution >= 4 is 26.7 Å². The number of halogens is 2. The highest BCUT2D eigenvalue weighted by molar-refractivity contribution is 7.89. The molecule has 1 saturated heterocycles. The molecule has 1 aliphatic rings. The van der Waals surface area contributed by atoms with Crippen molar-refractivity contribution in [1.29, 1.82) is 0 Å². The van der Waals surface area contributed by atoms with Gasteiger partial charge in [-0.15, -0.1) is 0 Å². The molecule has 0 radical (unpaired) electrons. The lowest BCUT2D eigenvalue weighted by atomic mass is 9.96. The molecule has 0 N–H and O–H groups in total. The van der Waals surface area contributed by atoms with Crippen LogP contribution in [0.5, 0.6) is 0 Å². The summed E-state index contributed by atoms with van der Waals surface area (Å²) in [4.78, 5) is 14.3. The first-order valence-corrected chi connectivity index (χ1v) is 11.9. The maximum atomic E-state index is 13.5. The van der Waals surface area contributed by atoms with Crippen LogP contribution in [0, 0.1) is 17.6 Å². The highest BCUT2D eigenvalue weighted by Gasteiger charge is 2.33. The maximum Gasteiger partial charge on any atom is 0.243 e. The van der Waals surface area contributed by atoms with Crippen LogP contribution in [0.15, 0.2) is 65.6 Å². The van der Waals surface area contributed by atoms with Crippen LogP contribution < -0.4 is 0 Å². The Morgan fingerprint density at radius 1 is 0.969 bits per heavy atom. The molecule has 0 aliphatic carbocycles. The first-order valence-electron chi connectivity index (χ1n) is 10.4. The number of nitrogens with zero attached hydrogens (tertiary/aromatic N) is 2. The van der Waals surface area contributed by atoms with E-state index in [-0.39, 0.29) is 29.8 Å². The Morgan fingerprint density at radius 2 is 1.66 bits per heavy atom. The number of benzene rings is 3. The Hall–Kier alpha value is -2.84. The van der Waals surface area contributed by atoms with Crippen LogP contribution in [-0.4, -0.2) is 43.7 Å². The van der Waals surface area contributed by atoms with E-state index in [1.807, 2.05) is 36.4 Å². The summed E-state index contributed by atoms with van der Waals surface area (Å²) in [6.07, 6.45) is 0.758. The van der Waals surface area contributed by atoms with Crippen molar-refractivity contribution in [1.82, 2.24) is 9.21 Å². The fourth-order valence-corrected chi connectivity index (χ4v) is 5.61. The molecule has 0 atom stereocenters. The zero-order chi connectivity index (χ0) is 22.9. The zero-order valence-corrected chi connectivity index (χ0v) is 18.5. The zero-order valence-electron chi connectivity index (χ0n) is 17.7. The van der Waals surface area contributed by atoms with Gasteiger partial charge in [0.1, 0.15) is 0 Å². The second kappa shape index (κ2) is 8.96. The summed E-state index contributed by atoms with van der Waals surface area (Å²) < 4.78 is 53.4. The number of piperidine rings is 1. The van der Waals surface area contributed by atoms with Gasteiger partial charge in [-0.05, 0) is 53.4 Å². The van der Waals surface area contributed by atoms with E-state index in [0.29, 0.717) is 25.5 Å². The smallest absolute Gasteiger partial charge is 0.243 e. The van der Waals surface area contributed by atoms with E-state index in [2.05, 4.69) is 6.07 Å². The quantitative estimate of drug-likeness (QED) is 0.577. The second-order valence-corrected chi connectivity index (χ2v) is 10.1.